The minimum atomic E-state index is -0.560. The number of fused-ring (bicyclic) bond motifs is 2. The highest BCUT2D eigenvalue weighted by molar-refractivity contribution is 5.96. The van der Waals surface area contributed by atoms with Crippen molar-refractivity contribution in [2.24, 2.45) is 0 Å². The maximum absolute atomic E-state index is 12.9. The Kier molecular flexibility index (Phi) is 5.38. The lowest BCUT2D eigenvalue weighted by atomic mass is 9.84. The van der Waals surface area contributed by atoms with Gasteiger partial charge in [0.25, 0.3) is 0 Å². The molecule has 3 heterocycles. The van der Waals surface area contributed by atoms with Crippen molar-refractivity contribution in [3.05, 3.63) is 33.8 Å². The summed E-state index contributed by atoms with van der Waals surface area (Å²) in [4.78, 5) is 15.1. The molecule has 1 aromatic rings. The summed E-state index contributed by atoms with van der Waals surface area (Å²) in [6.45, 7) is 4.42. The Labute approximate surface area is 181 Å². The minimum absolute atomic E-state index is 0.0824. The Morgan fingerprint density at radius 2 is 1.87 bits per heavy atom. The molecule has 0 aromatic heterocycles. The molecule has 0 amide bonds. The Morgan fingerprint density at radius 1 is 1.16 bits per heavy atom. The van der Waals surface area contributed by atoms with Crippen molar-refractivity contribution in [3.63, 3.8) is 0 Å². The van der Waals surface area contributed by atoms with Crippen LogP contribution in [-0.4, -0.2) is 58.7 Å². The van der Waals surface area contributed by atoms with Gasteiger partial charge in [-0.15, -0.1) is 0 Å². The van der Waals surface area contributed by atoms with Gasteiger partial charge in [0.2, 0.25) is 12.5 Å². The summed E-state index contributed by atoms with van der Waals surface area (Å²) in [5, 5.41) is 0. The summed E-state index contributed by atoms with van der Waals surface area (Å²) in [5.41, 5.74) is 9.91. The summed E-state index contributed by atoms with van der Waals surface area (Å²) in [6.07, 6.45) is 0.152. The summed E-state index contributed by atoms with van der Waals surface area (Å²) < 4.78 is 33.7. The van der Waals surface area contributed by atoms with Gasteiger partial charge in [0, 0.05) is 12.1 Å². The van der Waals surface area contributed by atoms with Crippen molar-refractivity contribution in [2.45, 2.75) is 32.4 Å². The maximum atomic E-state index is 12.9. The number of hydrogen-bond acceptors (Lipinski definition) is 9. The molecule has 2 unspecified atom stereocenters. The van der Waals surface area contributed by atoms with Crippen LogP contribution >= 0.6 is 0 Å². The molecule has 2 atom stereocenters. The van der Waals surface area contributed by atoms with E-state index in [4.69, 9.17) is 34.2 Å². The number of nitrogen functional groups attached to an aromatic ring is 1. The van der Waals surface area contributed by atoms with Crippen LogP contribution in [0.15, 0.2) is 22.7 Å². The van der Waals surface area contributed by atoms with E-state index in [1.807, 2.05) is 14.0 Å². The van der Waals surface area contributed by atoms with Gasteiger partial charge in [-0.1, -0.05) is 0 Å². The van der Waals surface area contributed by atoms with Crippen LogP contribution < -0.4 is 19.9 Å². The van der Waals surface area contributed by atoms with Crippen LogP contribution in [0.3, 0.4) is 0 Å². The lowest BCUT2D eigenvalue weighted by molar-refractivity contribution is -0.142. The van der Waals surface area contributed by atoms with E-state index in [2.05, 4.69) is 4.90 Å². The first kappa shape index (κ1) is 21.2. The summed E-state index contributed by atoms with van der Waals surface area (Å²) in [5.74, 6) is 1.96. The molecule has 9 heteroatoms. The number of anilines is 1. The lowest BCUT2D eigenvalue weighted by Crippen LogP contribution is -2.40. The Bertz CT molecular complexity index is 998. The lowest BCUT2D eigenvalue weighted by Gasteiger charge is -2.39. The normalized spacial score (nSPS) is 23.4. The Morgan fingerprint density at radius 3 is 2.52 bits per heavy atom. The van der Waals surface area contributed by atoms with Crippen LogP contribution in [0.1, 0.15) is 31.0 Å². The van der Waals surface area contributed by atoms with E-state index in [0.29, 0.717) is 46.4 Å². The van der Waals surface area contributed by atoms with Crippen molar-refractivity contribution >= 4 is 11.7 Å². The zero-order chi connectivity index (χ0) is 22.4. The minimum Gasteiger partial charge on any atom is -0.498 e. The molecule has 2 N–H and O–H groups in total. The number of hydrogen-bond donors (Lipinski definition) is 1. The van der Waals surface area contributed by atoms with Gasteiger partial charge >= 0.3 is 5.97 Å². The molecule has 3 aliphatic rings. The molecule has 4 rings (SSSR count). The topological polar surface area (TPSA) is 102 Å². The smallest absolute Gasteiger partial charge is 0.342 e. The van der Waals surface area contributed by atoms with Gasteiger partial charge in [0.15, 0.2) is 17.3 Å². The van der Waals surface area contributed by atoms with Gasteiger partial charge in [-0.3, -0.25) is 4.90 Å². The van der Waals surface area contributed by atoms with Crippen LogP contribution in [0.2, 0.25) is 0 Å². The third-order valence-corrected chi connectivity index (χ3v) is 6.25. The number of methoxy groups -OCH3 is 3. The summed E-state index contributed by atoms with van der Waals surface area (Å²) in [6, 6.07) is -0.321. The van der Waals surface area contributed by atoms with Gasteiger partial charge in [-0.05, 0) is 38.5 Å². The number of rotatable bonds is 5. The van der Waals surface area contributed by atoms with Gasteiger partial charge in [-0.25, -0.2) is 4.79 Å². The predicted octanol–water partition coefficient (Wildman–Crippen LogP) is 2.30. The molecular weight excluding hydrogens is 404 g/mol. The van der Waals surface area contributed by atoms with Crippen LogP contribution in [0.25, 0.3) is 0 Å². The van der Waals surface area contributed by atoms with Gasteiger partial charge in [0.1, 0.15) is 17.4 Å². The average Bonchev–Trinajstić information content (AvgIpc) is 3.35. The van der Waals surface area contributed by atoms with Crippen LogP contribution in [0, 0.1) is 0 Å². The highest BCUT2D eigenvalue weighted by atomic mass is 16.7. The fourth-order valence-electron chi connectivity index (χ4n) is 4.66. The van der Waals surface area contributed by atoms with Gasteiger partial charge in [-0.2, -0.15) is 0 Å². The van der Waals surface area contributed by atoms with Crippen molar-refractivity contribution in [2.75, 3.05) is 47.4 Å². The van der Waals surface area contributed by atoms with Crippen molar-refractivity contribution in [3.8, 4) is 17.2 Å². The molecule has 1 aromatic carbocycles. The standard InChI is InChI=1S/C22H28N2O7/c1-10-13(18(27-5)11(2)26-4)22(25)31-17(10)16-14-12(7-8-24(16)3)15(23)20-21(19(14)28-6)30-9-29-20/h16-17H,7-9,23H2,1-6H3. The fraction of sp³-hybridized carbons (Fsp3) is 0.500. The molecule has 9 nitrogen and oxygen atoms in total. The first-order valence-corrected chi connectivity index (χ1v) is 10.0. The van der Waals surface area contributed by atoms with Crippen LogP contribution in [-0.2, 0) is 25.4 Å². The second kappa shape index (κ2) is 7.88. The highest BCUT2D eigenvalue weighted by Crippen LogP contribution is 2.55. The van der Waals surface area contributed by atoms with Crippen LogP contribution in [0.5, 0.6) is 17.2 Å². The largest absolute Gasteiger partial charge is 0.498 e. The van der Waals surface area contributed by atoms with Gasteiger partial charge in [0.05, 0.1) is 33.1 Å². The van der Waals surface area contributed by atoms with E-state index in [1.54, 1.807) is 14.0 Å². The molecule has 0 saturated carbocycles. The number of nitrogens with zero attached hydrogens (tertiary/aromatic N) is 1. The Balaban J connectivity index is 1.90. The first-order chi connectivity index (χ1) is 14.8. The number of ether oxygens (including phenoxy) is 6. The zero-order valence-electron chi connectivity index (χ0n) is 18.7. The Hall–Kier alpha value is -3.07. The summed E-state index contributed by atoms with van der Waals surface area (Å²) in [7, 11) is 6.61. The highest BCUT2D eigenvalue weighted by Gasteiger charge is 2.46. The quantitative estimate of drug-likeness (QED) is 0.427. The maximum Gasteiger partial charge on any atom is 0.342 e. The molecule has 0 saturated heterocycles. The molecular formula is C22H28N2O7. The second-order valence-corrected chi connectivity index (χ2v) is 7.76. The molecule has 0 bridgehead atoms. The number of cyclic esters (lactones) is 1. The number of esters is 1. The average molecular weight is 432 g/mol. The van der Waals surface area contributed by atoms with Crippen molar-refractivity contribution < 1.29 is 33.2 Å². The molecule has 31 heavy (non-hydrogen) atoms. The first-order valence-electron chi connectivity index (χ1n) is 10.0. The molecule has 168 valence electrons. The van der Waals surface area contributed by atoms with E-state index in [9.17, 15) is 4.79 Å². The van der Waals surface area contributed by atoms with Crippen molar-refractivity contribution in [1.82, 2.24) is 4.90 Å². The molecule has 0 spiro atoms. The van der Waals surface area contributed by atoms with E-state index in [-0.39, 0.29) is 12.8 Å². The predicted molar refractivity (Wildman–Crippen MR) is 112 cm³/mol. The van der Waals surface area contributed by atoms with E-state index >= 15 is 0 Å². The monoisotopic (exact) mass is 432 g/mol. The number of benzene rings is 1. The fourth-order valence-corrected chi connectivity index (χ4v) is 4.66. The third kappa shape index (κ3) is 3.06. The van der Waals surface area contributed by atoms with Gasteiger partial charge < -0.3 is 34.2 Å². The van der Waals surface area contributed by atoms with Crippen LogP contribution in [0.4, 0.5) is 5.69 Å². The van der Waals surface area contributed by atoms with Crippen molar-refractivity contribution in [1.29, 1.82) is 0 Å². The third-order valence-electron chi connectivity index (χ3n) is 6.25. The molecule has 3 aliphatic heterocycles. The number of nitrogens with two attached hydrogens (primary N) is 1. The molecule has 0 fully saturated rings. The molecule has 0 radical (unpaired) electrons. The van der Waals surface area contributed by atoms with E-state index in [1.165, 1.54) is 14.2 Å². The number of likely N-dealkylation sites (N-methyl/N-ethyl adjacent to an activating group) is 1. The second-order valence-electron chi connectivity index (χ2n) is 7.76. The van der Waals surface area contributed by atoms with E-state index < -0.39 is 12.1 Å². The SMILES string of the molecule is COC(C)=C(OC)C1=C(C)C(C2c3c(c(N)c4c(c3OC)OCO4)CCN2C)OC1=O. The van der Waals surface area contributed by atoms with E-state index in [0.717, 1.165) is 23.2 Å². The number of carbonyl (C=O) groups is 1. The molecule has 0 aliphatic carbocycles. The summed E-state index contributed by atoms with van der Waals surface area (Å²) >= 11 is 0. The number of allylic oxidation sites excluding steroid dienone is 1. The number of carbonyl (C=O) groups excluding carboxylic acids is 1. The zero-order valence-corrected chi connectivity index (χ0v) is 18.7.